The first-order chi connectivity index (χ1) is 8.92. The van der Waals surface area contributed by atoms with E-state index in [-0.39, 0.29) is 5.91 Å². The smallest absolute Gasteiger partial charge is 0.238 e. The Kier molecular flexibility index (Phi) is 4.28. The highest BCUT2D eigenvalue weighted by molar-refractivity contribution is 9.10. The third-order valence-electron chi connectivity index (χ3n) is 3.52. The lowest BCUT2D eigenvalue weighted by Gasteiger charge is -2.45. The van der Waals surface area contributed by atoms with Gasteiger partial charge in [-0.1, -0.05) is 22.9 Å². The van der Waals surface area contributed by atoms with Crippen LogP contribution >= 0.6 is 15.9 Å². The third kappa shape index (κ3) is 3.55. The lowest BCUT2D eigenvalue weighted by molar-refractivity contribution is -0.128. The fraction of sp³-hybridized carbons (Fsp3) is 0.500. The number of benzene rings is 1. The van der Waals surface area contributed by atoms with Gasteiger partial charge >= 0.3 is 0 Å². The Morgan fingerprint density at radius 2 is 2.21 bits per heavy atom. The van der Waals surface area contributed by atoms with Crippen LogP contribution in [0.3, 0.4) is 0 Å². The predicted octanol–water partition coefficient (Wildman–Crippen LogP) is 2.15. The van der Waals surface area contributed by atoms with E-state index in [0.717, 1.165) is 22.1 Å². The number of nitrogens with one attached hydrogen (secondary N) is 1. The van der Waals surface area contributed by atoms with Gasteiger partial charge in [-0.2, -0.15) is 0 Å². The number of β-amino-alcohol motifs (C(OH)–C–C–N with tert-alkyl or cyclic N) is 1. The van der Waals surface area contributed by atoms with Crippen molar-refractivity contribution in [1.29, 1.82) is 0 Å². The number of carbonyl (C=O) groups is 1. The summed E-state index contributed by atoms with van der Waals surface area (Å²) < 4.78 is 0.999. The molecule has 5 heteroatoms. The Hall–Kier alpha value is -0.910. The average Bonchev–Trinajstić information content (AvgIpc) is 2.30. The molecule has 0 spiro atoms. The van der Waals surface area contributed by atoms with E-state index in [0.29, 0.717) is 19.6 Å². The zero-order valence-electron chi connectivity index (χ0n) is 11.2. The van der Waals surface area contributed by atoms with Gasteiger partial charge in [-0.15, -0.1) is 0 Å². The maximum Gasteiger partial charge on any atom is 0.238 e. The number of anilines is 1. The standard InChI is InChI=1S/C14H19BrN2O2/c1-3-14(19)8-17(9-14)7-13(18)16-12-5-4-11(15)6-10(12)2/h4-6,19H,3,7-9H2,1-2H3,(H,16,18). The van der Waals surface area contributed by atoms with Crippen LogP contribution in [-0.2, 0) is 4.79 Å². The highest BCUT2D eigenvalue weighted by Gasteiger charge is 2.39. The van der Waals surface area contributed by atoms with E-state index < -0.39 is 5.60 Å². The van der Waals surface area contributed by atoms with Crippen LogP contribution in [0, 0.1) is 6.92 Å². The summed E-state index contributed by atoms with van der Waals surface area (Å²) in [4.78, 5) is 13.9. The highest BCUT2D eigenvalue weighted by Crippen LogP contribution is 2.24. The molecule has 1 aliphatic heterocycles. The fourth-order valence-electron chi connectivity index (χ4n) is 2.28. The average molecular weight is 327 g/mol. The van der Waals surface area contributed by atoms with Crippen molar-refractivity contribution in [2.75, 3.05) is 25.0 Å². The van der Waals surface area contributed by atoms with Gasteiger partial charge in [0.05, 0.1) is 12.1 Å². The number of hydrogen-bond acceptors (Lipinski definition) is 3. The molecule has 0 aromatic heterocycles. The normalized spacial score (nSPS) is 17.9. The van der Waals surface area contributed by atoms with Gasteiger partial charge < -0.3 is 10.4 Å². The molecular weight excluding hydrogens is 308 g/mol. The minimum atomic E-state index is -0.589. The molecule has 0 radical (unpaired) electrons. The van der Waals surface area contributed by atoms with E-state index in [9.17, 15) is 9.90 Å². The van der Waals surface area contributed by atoms with Crippen LogP contribution < -0.4 is 5.32 Å². The number of halogens is 1. The van der Waals surface area contributed by atoms with Crippen molar-refractivity contribution in [3.8, 4) is 0 Å². The van der Waals surface area contributed by atoms with E-state index in [1.807, 2.05) is 36.9 Å². The number of rotatable bonds is 4. The summed E-state index contributed by atoms with van der Waals surface area (Å²) in [5.74, 6) is -0.0384. The molecule has 1 saturated heterocycles. The summed E-state index contributed by atoms with van der Waals surface area (Å²) in [6.45, 7) is 5.41. The van der Waals surface area contributed by atoms with E-state index in [4.69, 9.17) is 0 Å². The molecule has 0 atom stereocenters. The van der Waals surface area contributed by atoms with Gasteiger partial charge in [0.1, 0.15) is 0 Å². The zero-order chi connectivity index (χ0) is 14.0. The molecule has 0 aliphatic carbocycles. The third-order valence-corrected chi connectivity index (χ3v) is 4.02. The van der Waals surface area contributed by atoms with E-state index >= 15 is 0 Å². The van der Waals surface area contributed by atoms with E-state index in [2.05, 4.69) is 21.2 Å². The van der Waals surface area contributed by atoms with Crippen LogP contribution in [0.25, 0.3) is 0 Å². The van der Waals surface area contributed by atoms with Crippen molar-refractivity contribution in [3.63, 3.8) is 0 Å². The van der Waals surface area contributed by atoms with Crippen LogP contribution in [-0.4, -0.2) is 41.1 Å². The van der Waals surface area contributed by atoms with Gasteiger partial charge in [-0.25, -0.2) is 0 Å². The first-order valence-electron chi connectivity index (χ1n) is 6.42. The number of aliphatic hydroxyl groups is 1. The number of likely N-dealkylation sites (tertiary alicyclic amines) is 1. The second-order valence-corrected chi connectivity index (χ2v) is 6.15. The maximum absolute atomic E-state index is 11.9. The number of carbonyl (C=O) groups excluding carboxylic acids is 1. The van der Waals surface area contributed by atoms with Crippen molar-refractivity contribution in [2.24, 2.45) is 0 Å². The molecule has 0 unspecified atom stereocenters. The number of amides is 1. The summed E-state index contributed by atoms with van der Waals surface area (Å²) in [6.07, 6.45) is 0.733. The van der Waals surface area contributed by atoms with Crippen LogP contribution in [0.15, 0.2) is 22.7 Å². The molecule has 1 aromatic rings. The summed E-state index contributed by atoms with van der Waals surface area (Å²) in [7, 11) is 0. The number of hydrogen-bond donors (Lipinski definition) is 2. The molecule has 2 rings (SSSR count). The van der Waals surface area contributed by atoms with Crippen LogP contribution in [0.1, 0.15) is 18.9 Å². The molecule has 19 heavy (non-hydrogen) atoms. The molecule has 1 fully saturated rings. The van der Waals surface area contributed by atoms with Crippen molar-refractivity contribution < 1.29 is 9.90 Å². The molecule has 1 amide bonds. The van der Waals surface area contributed by atoms with Gasteiger partial charge in [-0.05, 0) is 37.1 Å². The number of aryl methyl sites for hydroxylation is 1. The van der Waals surface area contributed by atoms with Gasteiger partial charge in [-0.3, -0.25) is 9.69 Å². The second-order valence-electron chi connectivity index (χ2n) is 5.23. The van der Waals surface area contributed by atoms with Crippen molar-refractivity contribution in [1.82, 2.24) is 4.90 Å². The highest BCUT2D eigenvalue weighted by atomic mass is 79.9. The SMILES string of the molecule is CCC1(O)CN(CC(=O)Nc2ccc(Br)cc2C)C1. The Bertz CT molecular complexity index is 484. The van der Waals surface area contributed by atoms with E-state index in [1.54, 1.807) is 0 Å². The fourth-order valence-corrected chi connectivity index (χ4v) is 2.76. The largest absolute Gasteiger partial charge is 0.387 e. The van der Waals surface area contributed by atoms with Gasteiger partial charge in [0.15, 0.2) is 0 Å². The minimum Gasteiger partial charge on any atom is -0.387 e. The zero-order valence-corrected chi connectivity index (χ0v) is 12.8. The van der Waals surface area contributed by atoms with Crippen molar-refractivity contribution in [3.05, 3.63) is 28.2 Å². The summed E-state index contributed by atoms with van der Waals surface area (Å²) in [5, 5.41) is 12.8. The topological polar surface area (TPSA) is 52.6 Å². The molecule has 1 aliphatic rings. The van der Waals surface area contributed by atoms with Crippen LogP contribution in [0.4, 0.5) is 5.69 Å². The molecule has 104 valence electrons. The number of nitrogens with zero attached hydrogens (tertiary/aromatic N) is 1. The molecule has 1 heterocycles. The van der Waals surface area contributed by atoms with Gasteiger partial charge in [0, 0.05) is 23.2 Å². The minimum absolute atomic E-state index is 0.0384. The van der Waals surface area contributed by atoms with Crippen LogP contribution in [0.2, 0.25) is 0 Å². The molecule has 2 N–H and O–H groups in total. The lowest BCUT2D eigenvalue weighted by Crippen LogP contribution is -2.62. The lowest BCUT2D eigenvalue weighted by atomic mass is 9.91. The molecule has 4 nitrogen and oxygen atoms in total. The van der Waals surface area contributed by atoms with Crippen molar-refractivity contribution in [2.45, 2.75) is 25.9 Å². The quantitative estimate of drug-likeness (QED) is 0.891. The first kappa shape index (κ1) is 14.5. The van der Waals surface area contributed by atoms with E-state index in [1.165, 1.54) is 0 Å². The monoisotopic (exact) mass is 326 g/mol. The second kappa shape index (κ2) is 5.61. The van der Waals surface area contributed by atoms with Crippen molar-refractivity contribution >= 4 is 27.5 Å². The predicted molar refractivity (Wildman–Crippen MR) is 79.2 cm³/mol. The Morgan fingerprint density at radius 1 is 1.53 bits per heavy atom. The van der Waals surface area contributed by atoms with Crippen LogP contribution in [0.5, 0.6) is 0 Å². The Labute approximate surface area is 121 Å². The molecular formula is C14H19BrN2O2. The Morgan fingerprint density at radius 3 is 2.79 bits per heavy atom. The molecule has 1 aromatic carbocycles. The summed E-state index contributed by atoms with van der Waals surface area (Å²) in [6, 6.07) is 5.76. The Balaban J connectivity index is 1.85. The summed E-state index contributed by atoms with van der Waals surface area (Å²) in [5.41, 5.74) is 1.27. The van der Waals surface area contributed by atoms with Gasteiger partial charge in [0.2, 0.25) is 5.91 Å². The summed E-state index contributed by atoms with van der Waals surface area (Å²) >= 11 is 3.39. The first-order valence-corrected chi connectivity index (χ1v) is 7.22. The maximum atomic E-state index is 11.9. The molecule has 0 bridgehead atoms. The molecule has 0 saturated carbocycles. The van der Waals surface area contributed by atoms with Gasteiger partial charge in [0.25, 0.3) is 0 Å².